The molecular weight excluding hydrogens is 206 g/mol. The minimum atomic E-state index is -0.175. The molecule has 0 amide bonds. The largest absolute Gasteiger partial charge is 0.444 e. The summed E-state index contributed by atoms with van der Waals surface area (Å²) in [5.74, 6) is 7.24. The van der Waals surface area contributed by atoms with Crippen molar-refractivity contribution < 1.29 is 4.42 Å². The quantitative estimate of drug-likeness (QED) is 0.307. The first-order valence-corrected chi connectivity index (χ1v) is 5.26. The number of oxazole rings is 1. The Bertz CT molecular complexity index is 358. The molecule has 0 fully saturated rings. The highest BCUT2D eigenvalue weighted by Crippen LogP contribution is 2.15. The Kier molecular flexibility index (Phi) is 4.30. The van der Waals surface area contributed by atoms with Gasteiger partial charge >= 0.3 is 0 Å². The zero-order chi connectivity index (χ0) is 12.1. The molecule has 0 aliphatic carbocycles. The topological polar surface area (TPSA) is 88.5 Å². The van der Waals surface area contributed by atoms with Crippen LogP contribution in [0.2, 0.25) is 0 Å². The number of nitrogens with zero attached hydrogens (tertiary/aromatic N) is 2. The normalized spacial score (nSPS) is 14.0. The maximum atomic E-state index is 5.38. The average Bonchev–Trinajstić information content (AvgIpc) is 2.63. The molecule has 0 aliphatic heterocycles. The molecular formula is C10H19N5O. The van der Waals surface area contributed by atoms with Crippen molar-refractivity contribution in [3.05, 3.63) is 17.8 Å². The van der Waals surface area contributed by atoms with Crippen molar-refractivity contribution in [1.29, 1.82) is 0 Å². The van der Waals surface area contributed by atoms with Gasteiger partial charge in [-0.1, -0.05) is 0 Å². The molecule has 6 nitrogen and oxygen atoms in total. The summed E-state index contributed by atoms with van der Waals surface area (Å²) in [6, 6.07) is 0.0827. The fourth-order valence-electron chi connectivity index (χ4n) is 1.20. The van der Waals surface area contributed by atoms with Crippen LogP contribution >= 0.6 is 0 Å². The van der Waals surface area contributed by atoms with Crippen molar-refractivity contribution in [3.63, 3.8) is 0 Å². The first-order chi connectivity index (χ1) is 7.52. The van der Waals surface area contributed by atoms with E-state index in [0.29, 0.717) is 11.9 Å². The molecule has 1 aromatic heterocycles. The van der Waals surface area contributed by atoms with Gasteiger partial charge in [0.1, 0.15) is 11.8 Å². The van der Waals surface area contributed by atoms with Crippen LogP contribution in [0.5, 0.6) is 0 Å². The molecule has 0 spiro atoms. The standard InChI is InChI=1S/C10H19N5O/c1-6(2)13-10(15-11)14-8(4)9-12-5-7(3)16-9/h5-6,8H,11H2,1-4H3,(H2,13,14,15). The van der Waals surface area contributed by atoms with Crippen molar-refractivity contribution in [2.24, 2.45) is 10.8 Å². The number of nitrogens with two attached hydrogens (primary N) is 1. The third-order valence-electron chi connectivity index (χ3n) is 1.88. The summed E-state index contributed by atoms with van der Waals surface area (Å²) in [5.41, 5.74) is 2.51. The summed E-state index contributed by atoms with van der Waals surface area (Å²) >= 11 is 0. The lowest BCUT2D eigenvalue weighted by Crippen LogP contribution is -2.44. The molecule has 1 heterocycles. The average molecular weight is 225 g/mol. The minimum Gasteiger partial charge on any atom is -0.444 e. The van der Waals surface area contributed by atoms with Gasteiger partial charge in [0, 0.05) is 6.04 Å². The highest BCUT2D eigenvalue weighted by molar-refractivity contribution is 5.79. The van der Waals surface area contributed by atoms with Crippen LogP contribution < -0.4 is 16.6 Å². The highest BCUT2D eigenvalue weighted by atomic mass is 16.4. The van der Waals surface area contributed by atoms with Crippen molar-refractivity contribution in [3.8, 4) is 0 Å². The van der Waals surface area contributed by atoms with Crippen molar-refractivity contribution >= 4 is 5.96 Å². The van der Waals surface area contributed by atoms with Gasteiger partial charge in [-0.05, 0) is 27.7 Å². The lowest BCUT2D eigenvalue weighted by atomic mass is 10.3. The number of aryl methyl sites for hydroxylation is 1. The molecule has 1 rings (SSSR count). The van der Waals surface area contributed by atoms with Crippen LogP contribution in [0, 0.1) is 6.92 Å². The van der Waals surface area contributed by atoms with E-state index in [2.05, 4.69) is 20.7 Å². The van der Waals surface area contributed by atoms with Gasteiger partial charge in [0.25, 0.3) is 0 Å². The lowest BCUT2D eigenvalue weighted by Gasteiger charge is -2.13. The van der Waals surface area contributed by atoms with Crippen molar-refractivity contribution in [1.82, 2.24) is 15.7 Å². The number of nitrogens with one attached hydrogen (secondary N) is 2. The Morgan fingerprint density at radius 2 is 2.19 bits per heavy atom. The Balaban J connectivity index is 2.72. The molecule has 0 radical (unpaired) electrons. The van der Waals surface area contributed by atoms with Crippen LogP contribution in [0.25, 0.3) is 0 Å². The molecule has 1 aromatic rings. The summed E-state index contributed by atoms with van der Waals surface area (Å²) in [6.45, 7) is 7.76. The van der Waals surface area contributed by atoms with Crippen molar-refractivity contribution in [2.75, 3.05) is 0 Å². The summed E-state index contributed by atoms with van der Waals surface area (Å²) in [5, 5.41) is 3.08. The monoisotopic (exact) mass is 225 g/mol. The number of hydrazine groups is 1. The number of hydrogen-bond acceptors (Lipinski definition) is 4. The van der Waals surface area contributed by atoms with Crippen LogP contribution in [-0.2, 0) is 0 Å². The van der Waals surface area contributed by atoms with E-state index in [1.807, 2.05) is 27.7 Å². The SMILES string of the molecule is Cc1cnc(C(C)N=C(NN)NC(C)C)o1. The van der Waals surface area contributed by atoms with E-state index in [1.54, 1.807) is 6.20 Å². The van der Waals surface area contributed by atoms with Crippen LogP contribution in [0.3, 0.4) is 0 Å². The fourth-order valence-corrected chi connectivity index (χ4v) is 1.20. The van der Waals surface area contributed by atoms with E-state index in [9.17, 15) is 0 Å². The van der Waals surface area contributed by atoms with E-state index < -0.39 is 0 Å². The fraction of sp³-hybridized carbons (Fsp3) is 0.600. The molecule has 90 valence electrons. The summed E-state index contributed by atoms with van der Waals surface area (Å²) < 4.78 is 5.38. The third-order valence-corrected chi connectivity index (χ3v) is 1.88. The first-order valence-electron chi connectivity index (χ1n) is 5.26. The number of guanidine groups is 1. The van der Waals surface area contributed by atoms with Gasteiger partial charge in [-0.25, -0.2) is 15.8 Å². The maximum absolute atomic E-state index is 5.38. The molecule has 16 heavy (non-hydrogen) atoms. The zero-order valence-electron chi connectivity index (χ0n) is 10.1. The zero-order valence-corrected chi connectivity index (χ0v) is 10.1. The Morgan fingerprint density at radius 1 is 1.50 bits per heavy atom. The molecule has 0 bridgehead atoms. The molecule has 0 saturated carbocycles. The number of aromatic nitrogens is 1. The van der Waals surface area contributed by atoms with Crippen LogP contribution in [0.4, 0.5) is 0 Å². The smallest absolute Gasteiger partial charge is 0.219 e. The Hall–Kier alpha value is -1.56. The number of rotatable bonds is 3. The molecule has 0 aliphatic rings. The molecule has 0 saturated heterocycles. The lowest BCUT2D eigenvalue weighted by molar-refractivity contribution is 0.443. The summed E-state index contributed by atoms with van der Waals surface area (Å²) in [7, 11) is 0. The van der Waals surface area contributed by atoms with Crippen LogP contribution in [0.1, 0.15) is 38.5 Å². The van der Waals surface area contributed by atoms with Gasteiger partial charge < -0.3 is 9.73 Å². The third kappa shape index (κ3) is 3.54. The van der Waals surface area contributed by atoms with Gasteiger partial charge in [-0.3, -0.25) is 5.43 Å². The summed E-state index contributed by atoms with van der Waals surface area (Å²) in [6.07, 6.45) is 1.67. The second-order valence-corrected chi connectivity index (χ2v) is 3.91. The van der Waals surface area contributed by atoms with Gasteiger partial charge in [-0.15, -0.1) is 0 Å². The van der Waals surface area contributed by atoms with Crippen LogP contribution in [-0.4, -0.2) is 17.0 Å². The van der Waals surface area contributed by atoms with Crippen LogP contribution in [0.15, 0.2) is 15.6 Å². The van der Waals surface area contributed by atoms with Gasteiger partial charge in [0.05, 0.1) is 6.20 Å². The molecule has 0 aromatic carbocycles. The first kappa shape index (κ1) is 12.5. The van der Waals surface area contributed by atoms with Crippen molar-refractivity contribution in [2.45, 2.75) is 39.8 Å². The number of aliphatic imine (C=N–C) groups is 1. The van der Waals surface area contributed by atoms with E-state index in [1.165, 1.54) is 0 Å². The Morgan fingerprint density at radius 3 is 2.62 bits per heavy atom. The maximum Gasteiger partial charge on any atom is 0.219 e. The predicted molar refractivity (Wildman–Crippen MR) is 62.7 cm³/mol. The van der Waals surface area contributed by atoms with E-state index in [-0.39, 0.29) is 12.1 Å². The second kappa shape index (κ2) is 5.50. The molecule has 4 N–H and O–H groups in total. The van der Waals surface area contributed by atoms with Gasteiger partial charge in [-0.2, -0.15) is 0 Å². The number of hydrogen-bond donors (Lipinski definition) is 3. The Labute approximate surface area is 95.3 Å². The van der Waals surface area contributed by atoms with E-state index >= 15 is 0 Å². The minimum absolute atomic E-state index is 0.175. The molecule has 1 unspecified atom stereocenters. The second-order valence-electron chi connectivity index (χ2n) is 3.91. The highest BCUT2D eigenvalue weighted by Gasteiger charge is 2.11. The van der Waals surface area contributed by atoms with E-state index in [4.69, 9.17) is 10.3 Å². The molecule has 1 atom stereocenters. The van der Waals surface area contributed by atoms with E-state index in [0.717, 1.165) is 5.76 Å². The van der Waals surface area contributed by atoms with Gasteiger partial charge in [0.15, 0.2) is 0 Å². The predicted octanol–water partition coefficient (Wildman–Crippen LogP) is 0.861. The molecule has 6 heteroatoms. The van der Waals surface area contributed by atoms with Gasteiger partial charge in [0.2, 0.25) is 11.9 Å². The summed E-state index contributed by atoms with van der Waals surface area (Å²) in [4.78, 5) is 8.44.